The SMILES string of the molecule is CC/C=C\C/C=C\C/C=C\C/C=C\C/C=C\CCCCCCCCCCCCCCCCCCCCCC(=O)OCC(COC(=O)CCCCCCCCCC)OC(=O)CCCCCCC/C=C\CCCCCC. The van der Waals surface area contributed by atoms with Crippen LogP contribution >= 0.6 is 0 Å². The normalized spacial score (nSPS) is 12.5. The molecule has 0 aromatic rings. The number of rotatable bonds is 58. The second kappa shape index (κ2) is 62.4. The van der Waals surface area contributed by atoms with E-state index in [1.165, 1.54) is 186 Å². The van der Waals surface area contributed by atoms with Gasteiger partial charge in [0.1, 0.15) is 13.2 Å². The van der Waals surface area contributed by atoms with Gasteiger partial charge in [0.05, 0.1) is 0 Å². The lowest BCUT2D eigenvalue weighted by Crippen LogP contribution is -2.30. The standard InChI is InChI=1S/C68H120O6/c1-4-7-10-13-16-19-21-23-24-25-26-27-28-29-30-31-32-33-34-35-36-37-38-39-40-41-42-43-44-46-47-49-52-55-58-61-67(70)73-64-65(63-72-66(69)60-57-54-51-18-15-12-9-6-3)74-68(71)62-59-56-53-50-48-45-22-20-17-14-11-8-5-2/h7,10,16,19-20,22-24,26-27,29-30,65H,4-6,8-9,11-15,17-18,21,25,28,31-64H2,1-3H3/b10-7-,19-16-,22-20-,24-23-,27-26-,30-29-. The molecule has 0 aliphatic heterocycles. The first-order chi connectivity index (χ1) is 36.5. The number of carbonyl (C=O) groups excluding carboxylic acids is 3. The average Bonchev–Trinajstić information content (AvgIpc) is 3.40. The Labute approximate surface area is 459 Å². The van der Waals surface area contributed by atoms with Gasteiger partial charge in [-0.3, -0.25) is 14.4 Å². The summed E-state index contributed by atoms with van der Waals surface area (Å²) >= 11 is 0. The number of hydrogen-bond donors (Lipinski definition) is 0. The lowest BCUT2D eigenvalue weighted by atomic mass is 10.0. The maximum absolute atomic E-state index is 12.8. The van der Waals surface area contributed by atoms with Crippen molar-refractivity contribution >= 4 is 17.9 Å². The first-order valence-corrected chi connectivity index (χ1v) is 31.9. The van der Waals surface area contributed by atoms with Crippen LogP contribution in [0.5, 0.6) is 0 Å². The van der Waals surface area contributed by atoms with Gasteiger partial charge in [0.15, 0.2) is 6.10 Å². The largest absolute Gasteiger partial charge is 0.462 e. The Hall–Kier alpha value is -3.15. The topological polar surface area (TPSA) is 78.9 Å². The van der Waals surface area contributed by atoms with Gasteiger partial charge in [-0.2, -0.15) is 0 Å². The second-order valence-electron chi connectivity index (χ2n) is 21.3. The third-order valence-electron chi connectivity index (χ3n) is 13.9. The summed E-state index contributed by atoms with van der Waals surface area (Å²) in [5.74, 6) is -0.873. The molecule has 0 aliphatic rings. The molecule has 1 atom stereocenters. The van der Waals surface area contributed by atoms with Gasteiger partial charge in [0.2, 0.25) is 0 Å². The summed E-state index contributed by atoms with van der Waals surface area (Å²) in [4.78, 5) is 38.0. The Morgan fingerprint density at radius 1 is 0.284 bits per heavy atom. The zero-order valence-corrected chi connectivity index (χ0v) is 49.1. The Morgan fingerprint density at radius 2 is 0.527 bits per heavy atom. The molecule has 0 heterocycles. The van der Waals surface area contributed by atoms with Crippen molar-refractivity contribution in [3.05, 3.63) is 72.9 Å². The molecule has 0 aromatic carbocycles. The van der Waals surface area contributed by atoms with Crippen LogP contribution < -0.4 is 0 Å². The molecule has 6 heteroatoms. The van der Waals surface area contributed by atoms with Crippen molar-refractivity contribution in [1.29, 1.82) is 0 Å². The Balaban J connectivity index is 3.97. The van der Waals surface area contributed by atoms with E-state index in [0.29, 0.717) is 19.3 Å². The number of esters is 3. The molecule has 1 unspecified atom stereocenters. The number of allylic oxidation sites excluding steroid dienone is 12. The zero-order chi connectivity index (χ0) is 53.6. The maximum atomic E-state index is 12.8. The van der Waals surface area contributed by atoms with Crippen LogP contribution in [0.2, 0.25) is 0 Å². The quantitative estimate of drug-likeness (QED) is 0.0261. The molecular weight excluding hydrogens is 913 g/mol. The minimum Gasteiger partial charge on any atom is -0.462 e. The van der Waals surface area contributed by atoms with E-state index in [1.807, 2.05) is 0 Å². The molecule has 0 saturated carbocycles. The fourth-order valence-corrected chi connectivity index (χ4v) is 9.17. The van der Waals surface area contributed by atoms with Gasteiger partial charge < -0.3 is 14.2 Å². The Kier molecular flexibility index (Phi) is 59.7. The molecule has 0 aromatic heterocycles. The maximum Gasteiger partial charge on any atom is 0.306 e. The highest BCUT2D eigenvalue weighted by molar-refractivity contribution is 5.71. The summed E-state index contributed by atoms with van der Waals surface area (Å²) in [7, 11) is 0. The number of hydrogen-bond acceptors (Lipinski definition) is 6. The molecule has 0 rings (SSSR count). The number of ether oxygens (including phenoxy) is 3. The van der Waals surface area contributed by atoms with Crippen molar-refractivity contribution < 1.29 is 28.6 Å². The van der Waals surface area contributed by atoms with Crippen LogP contribution in [0.4, 0.5) is 0 Å². The summed E-state index contributed by atoms with van der Waals surface area (Å²) < 4.78 is 16.8. The van der Waals surface area contributed by atoms with E-state index < -0.39 is 6.10 Å². The van der Waals surface area contributed by atoms with E-state index in [4.69, 9.17) is 14.2 Å². The molecule has 428 valence electrons. The van der Waals surface area contributed by atoms with Gasteiger partial charge in [-0.15, -0.1) is 0 Å². The van der Waals surface area contributed by atoms with Crippen LogP contribution in [0.25, 0.3) is 0 Å². The molecular formula is C68H120O6. The molecule has 0 bridgehead atoms. The molecule has 0 spiro atoms. The van der Waals surface area contributed by atoms with Gasteiger partial charge in [0, 0.05) is 19.3 Å². The van der Waals surface area contributed by atoms with Crippen molar-refractivity contribution in [3.63, 3.8) is 0 Å². The minimum absolute atomic E-state index is 0.0734. The van der Waals surface area contributed by atoms with E-state index in [9.17, 15) is 14.4 Å². The van der Waals surface area contributed by atoms with Gasteiger partial charge in [-0.25, -0.2) is 0 Å². The molecule has 74 heavy (non-hydrogen) atoms. The van der Waals surface area contributed by atoms with Gasteiger partial charge in [-0.1, -0.05) is 286 Å². The summed E-state index contributed by atoms with van der Waals surface area (Å²) in [5, 5.41) is 0. The third kappa shape index (κ3) is 59.7. The van der Waals surface area contributed by atoms with Crippen molar-refractivity contribution in [2.75, 3.05) is 13.2 Å². The summed E-state index contributed by atoms with van der Waals surface area (Å²) in [5.41, 5.74) is 0. The van der Waals surface area contributed by atoms with Crippen LogP contribution in [-0.2, 0) is 28.6 Å². The molecule has 6 nitrogen and oxygen atoms in total. The van der Waals surface area contributed by atoms with Crippen LogP contribution in [0.15, 0.2) is 72.9 Å². The summed E-state index contributed by atoms with van der Waals surface area (Å²) in [6.45, 7) is 6.50. The first-order valence-electron chi connectivity index (χ1n) is 31.9. The molecule has 0 radical (unpaired) electrons. The van der Waals surface area contributed by atoms with Crippen molar-refractivity contribution in [3.8, 4) is 0 Å². The lowest BCUT2D eigenvalue weighted by Gasteiger charge is -2.18. The van der Waals surface area contributed by atoms with Crippen molar-refractivity contribution in [2.45, 2.75) is 329 Å². The Bertz CT molecular complexity index is 1370. The minimum atomic E-state index is -0.773. The fourth-order valence-electron chi connectivity index (χ4n) is 9.17. The molecule has 0 amide bonds. The predicted molar refractivity (Wildman–Crippen MR) is 321 cm³/mol. The molecule has 0 saturated heterocycles. The van der Waals surface area contributed by atoms with E-state index in [2.05, 4.69) is 93.7 Å². The third-order valence-corrected chi connectivity index (χ3v) is 13.9. The van der Waals surface area contributed by atoms with Crippen LogP contribution in [0.3, 0.4) is 0 Å². The highest BCUT2D eigenvalue weighted by Crippen LogP contribution is 2.17. The number of carbonyl (C=O) groups is 3. The van der Waals surface area contributed by atoms with Crippen LogP contribution in [0, 0.1) is 0 Å². The average molecular weight is 1030 g/mol. The summed E-state index contributed by atoms with van der Waals surface area (Å²) in [6, 6.07) is 0. The van der Waals surface area contributed by atoms with Crippen LogP contribution in [0.1, 0.15) is 323 Å². The highest BCUT2D eigenvalue weighted by atomic mass is 16.6. The molecule has 0 N–H and O–H groups in total. The predicted octanol–water partition coefficient (Wildman–Crippen LogP) is 21.7. The van der Waals surface area contributed by atoms with E-state index in [-0.39, 0.29) is 31.1 Å². The first kappa shape index (κ1) is 70.8. The molecule has 0 aliphatic carbocycles. The number of unbranched alkanes of at least 4 members (excludes halogenated alkanes) is 35. The van der Waals surface area contributed by atoms with E-state index >= 15 is 0 Å². The lowest BCUT2D eigenvalue weighted by molar-refractivity contribution is -0.167. The smallest absolute Gasteiger partial charge is 0.306 e. The van der Waals surface area contributed by atoms with Crippen molar-refractivity contribution in [2.24, 2.45) is 0 Å². The Morgan fingerprint density at radius 3 is 0.851 bits per heavy atom. The monoisotopic (exact) mass is 1030 g/mol. The van der Waals surface area contributed by atoms with Crippen LogP contribution in [-0.4, -0.2) is 37.2 Å². The zero-order valence-electron chi connectivity index (χ0n) is 49.1. The fraction of sp³-hybridized carbons (Fsp3) is 0.779. The van der Waals surface area contributed by atoms with E-state index in [0.717, 1.165) is 96.3 Å². The van der Waals surface area contributed by atoms with Gasteiger partial charge in [-0.05, 0) is 89.9 Å². The van der Waals surface area contributed by atoms with Gasteiger partial charge in [0.25, 0.3) is 0 Å². The van der Waals surface area contributed by atoms with Crippen molar-refractivity contribution in [1.82, 2.24) is 0 Å². The van der Waals surface area contributed by atoms with Gasteiger partial charge >= 0.3 is 17.9 Å². The summed E-state index contributed by atoms with van der Waals surface area (Å²) in [6.07, 6.45) is 80.9. The highest BCUT2D eigenvalue weighted by Gasteiger charge is 2.19. The molecule has 0 fully saturated rings. The van der Waals surface area contributed by atoms with E-state index in [1.54, 1.807) is 0 Å². The second-order valence-corrected chi connectivity index (χ2v) is 21.3.